The van der Waals surface area contributed by atoms with Gasteiger partial charge in [0.05, 0.1) is 18.8 Å². The van der Waals surface area contributed by atoms with Gasteiger partial charge in [-0.05, 0) is 50.2 Å². The average molecular weight is 286 g/mol. The first-order valence-electron chi connectivity index (χ1n) is 6.86. The Morgan fingerprint density at radius 3 is 2.43 bits per heavy atom. The maximum absolute atomic E-state index is 11.5. The van der Waals surface area contributed by atoms with Crippen LogP contribution in [0.3, 0.4) is 0 Å². The fourth-order valence-electron chi connectivity index (χ4n) is 1.75. The minimum Gasteiger partial charge on any atom is -0.494 e. The second kappa shape index (κ2) is 7.28. The molecule has 1 N–H and O–H groups in total. The number of hydrogen-bond acceptors (Lipinski definition) is 5. The van der Waals surface area contributed by atoms with E-state index in [1.807, 2.05) is 31.2 Å². The van der Waals surface area contributed by atoms with Crippen molar-refractivity contribution in [3.05, 3.63) is 48.2 Å². The van der Waals surface area contributed by atoms with Crippen molar-refractivity contribution in [2.75, 3.05) is 18.5 Å². The maximum Gasteiger partial charge on any atom is 0.339 e. The van der Waals surface area contributed by atoms with E-state index >= 15 is 0 Å². The third-order valence-corrected chi connectivity index (χ3v) is 2.71. The number of pyridine rings is 1. The number of esters is 1. The molecule has 5 nitrogen and oxygen atoms in total. The van der Waals surface area contributed by atoms with Crippen molar-refractivity contribution >= 4 is 17.5 Å². The lowest BCUT2D eigenvalue weighted by molar-refractivity contribution is 0.0526. The van der Waals surface area contributed by atoms with Crippen LogP contribution in [-0.4, -0.2) is 24.2 Å². The molecule has 0 atom stereocenters. The first kappa shape index (κ1) is 14.8. The van der Waals surface area contributed by atoms with Crippen molar-refractivity contribution in [3.63, 3.8) is 0 Å². The van der Waals surface area contributed by atoms with Crippen molar-refractivity contribution in [1.29, 1.82) is 0 Å². The maximum atomic E-state index is 11.5. The summed E-state index contributed by atoms with van der Waals surface area (Å²) in [4.78, 5) is 15.7. The molecule has 0 fully saturated rings. The van der Waals surface area contributed by atoms with Gasteiger partial charge < -0.3 is 14.8 Å². The molecular formula is C16H18N2O3. The molecule has 0 amide bonds. The van der Waals surface area contributed by atoms with Gasteiger partial charge in [-0.25, -0.2) is 9.78 Å². The monoisotopic (exact) mass is 286 g/mol. The summed E-state index contributed by atoms with van der Waals surface area (Å²) in [7, 11) is 0. The van der Waals surface area contributed by atoms with Gasteiger partial charge in [0.1, 0.15) is 11.6 Å². The van der Waals surface area contributed by atoms with Gasteiger partial charge in [-0.3, -0.25) is 0 Å². The topological polar surface area (TPSA) is 60.5 Å². The van der Waals surface area contributed by atoms with Crippen LogP contribution in [0.15, 0.2) is 42.6 Å². The smallest absolute Gasteiger partial charge is 0.339 e. The Hall–Kier alpha value is -2.56. The van der Waals surface area contributed by atoms with Gasteiger partial charge in [0.15, 0.2) is 0 Å². The lowest BCUT2D eigenvalue weighted by atomic mass is 10.2. The van der Waals surface area contributed by atoms with Crippen LogP contribution in [-0.2, 0) is 4.74 Å². The highest BCUT2D eigenvalue weighted by Gasteiger charge is 2.06. The molecule has 1 heterocycles. The standard InChI is InChI=1S/C16H18N2O3/c1-3-20-14-8-6-13(7-9-14)18-15-10-5-12(11-17-15)16(19)21-4-2/h5-11H,3-4H2,1-2H3,(H,17,18). The highest BCUT2D eigenvalue weighted by atomic mass is 16.5. The zero-order valence-electron chi connectivity index (χ0n) is 12.1. The van der Waals surface area contributed by atoms with Crippen molar-refractivity contribution in [1.82, 2.24) is 4.98 Å². The molecule has 0 bridgehead atoms. The minimum atomic E-state index is -0.363. The molecule has 5 heteroatoms. The van der Waals surface area contributed by atoms with Crippen molar-refractivity contribution in [2.24, 2.45) is 0 Å². The summed E-state index contributed by atoms with van der Waals surface area (Å²) in [6.45, 7) is 4.71. The third kappa shape index (κ3) is 4.21. The SMILES string of the molecule is CCOC(=O)c1ccc(Nc2ccc(OCC)cc2)nc1. The number of rotatable bonds is 6. The molecule has 0 saturated carbocycles. The zero-order chi connectivity index (χ0) is 15.1. The lowest BCUT2D eigenvalue weighted by Gasteiger charge is -2.08. The largest absolute Gasteiger partial charge is 0.494 e. The molecule has 1 aromatic heterocycles. The summed E-state index contributed by atoms with van der Waals surface area (Å²) in [6.07, 6.45) is 1.49. The Morgan fingerprint density at radius 2 is 1.86 bits per heavy atom. The Morgan fingerprint density at radius 1 is 1.10 bits per heavy atom. The molecule has 0 aliphatic heterocycles. The van der Waals surface area contributed by atoms with E-state index in [1.54, 1.807) is 19.1 Å². The van der Waals surface area contributed by atoms with Crippen molar-refractivity contribution in [2.45, 2.75) is 13.8 Å². The van der Waals surface area contributed by atoms with Crippen molar-refractivity contribution in [3.8, 4) is 5.75 Å². The van der Waals surface area contributed by atoms with E-state index in [0.29, 0.717) is 24.6 Å². The highest BCUT2D eigenvalue weighted by molar-refractivity contribution is 5.89. The van der Waals surface area contributed by atoms with Crippen LogP contribution in [0.25, 0.3) is 0 Å². The second-order valence-corrected chi connectivity index (χ2v) is 4.23. The molecule has 110 valence electrons. The molecule has 0 spiro atoms. The molecular weight excluding hydrogens is 268 g/mol. The lowest BCUT2D eigenvalue weighted by Crippen LogP contribution is -2.05. The summed E-state index contributed by atoms with van der Waals surface area (Å²) in [5.74, 6) is 1.12. The van der Waals surface area contributed by atoms with E-state index in [1.165, 1.54) is 6.20 Å². The summed E-state index contributed by atoms with van der Waals surface area (Å²) in [5, 5.41) is 3.15. The number of aromatic nitrogens is 1. The molecule has 0 aliphatic carbocycles. The predicted octanol–water partition coefficient (Wildman–Crippen LogP) is 3.40. The van der Waals surface area contributed by atoms with E-state index in [-0.39, 0.29) is 5.97 Å². The molecule has 2 rings (SSSR count). The fraction of sp³-hybridized carbons (Fsp3) is 0.250. The number of hydrogen-bond donors (Lipinski definition) is 1. The number of carbonyl (C=O) groups excluding carboxylic acids is 1. The first-order valence-corrected chi connectivity index (χ1v) is 6.86. The van der Waals surface area contributed by atoms with Crippen LogP contribution in [0.1, 0.15) is 24.2 Å². The Kier molecular flexibility index (Phi) is 5.15. The Labute approximate surface area is 123 Å². The van der Waals surface area contributed by atoms with Crippen LogP contribution in [0.5, 0.6) is 5.75 Å². The average Bonchev–Trinajstić information content (AvgIpc) is 2.50. The van der Waals surface area contributed by atoms with E-state index in [2.05, 4.69) is 10.3 Å². The first-order chi connectivity index (χ1) is 10.2. The summed E-state index contributed by atoms with van der Waals surface area (Å²) >= 11 is 0. The van der Waals surface area contributed by atoms with E-state index in [0.717, 1.165) is 11.4 Å². The van der Waals surface area contributed by atoms with Gasteiger partial charge in [0.25, 0.3) is 0 Å². The zero-order valence-corrected chi connectivity index (χ0v) is 12.1. The van der Waals surface area contributed by atoms with Gasteiger partial charge in [0, 0.05) is 11.9 Å². The van der Waals surface area contributed by atoms with E-state index < -0.39 is 0 Å². The van der Waals surface area contributed by atoms with Gasteiger partial charge in [-0.1, -0.05) is 0 Å². The second-order valence-electron chi connectivity index (χ2n) is 4.23. The van der Waals surface area contributed by atoms with Gasteiger partial charge in [-0.2, -0.15) is 0 Å². The number of anilines is 2. The minimum absolute atomic E-state index is 0.352. The number of ether oxygens (including phenoxy) is 2. The molecule has 21 heavy (non-hydrogen) atoms. The van der Waals surface area contributed by atoms with Crippen LogP contribution in [0, 0.1) is 0 Å². The fourth-order valence-corrected chi connectivity index (χ4v) is 1.75. The van der Waals surface area contributed by atoms with Gasteiger partial charge >= 0.3 is 5.97 Å². The van der Waals surface area contributed by atoms with Crippen LogP contribution in [0.4, 0.5) is 11.5 Å². The molecule has 1 aromatic carbocycles. The molecule has 0 radical (unpaired) electrons. The molecule has 0 unspecified atom stereocenters. The Bertz CT molecular complexity index is 579. The Balaban J connectivity index is 2.01. The number of nitrogens with zero attached hydrogens (tertiary/aromatic N) is 1. The van der Waals surface area contributed by atoms with Gasteiger partial charge in [0.2, 0.25) is 0 Å². The van der Waals surface area contributed by atoms with Crippen molar-refractivity contribution < 1.29 is 14.3 Å². The summed E-state index contributed by atoms with van der Waals surface area (Å²) in [5.41, 5.74) is 1.34. The number of carbonyl (C=O) groups is 1. The quantitative estimate of drug-likeness (QED) is 0.825. The summed E-state index contributed by atoms with van der Waals surface area (Å²) in [6, 6.07) is 11.0. The van der Waals surface area contributed by atoms with Gasteiger partial charge in [-0.15, -0.1) is 0 Å². The molecule has 0 aliphatic rings. The third-order valence-electron chi connectivity index (χ3n) is 2.71. The highest BCUT2D eigenvalue weighted by Crippen LogP contribution is 2.19. The van der Waals surface area contributed by atoms with Crippen LogP contribution < -0.4 is 10.1 Å². The number of nitrogens with one attached hydrogen (secondary N) is 1. The van der Waals surface area contributed by atoms with E-state index in [9.17, 15) is 4.79 Å². The van der Waals surface area contributed by atoms with E-state index in [4.69, 9.17) is 9.47 Å². The molecule has 2 aromatic rings. The van der Waals surface area contributed by atoms with Crippen LogP contribution in [0.2, 0.25) is 0 Å². The summed E-state index contributed by atoms with van der Waals surface area (Å²) < 4.78 is 10.3. The molecule has 0 saturated heterocycles. The number of benzene rings is 1. The van der Waals surface area contributed by atoms with Crippen LogP contribution >= 0.6 is 0 Å². The predicted molar refractivity (Wildman–Crippen MR) is 81.1 cm³/mol. The normalized spacial score (nSPS) is 10.0.